The summed E-state index contributed by atoms with van der Waals surface area (Å²) < 4.78 is 12.8. The fourth-order valence-electron chi connectivity index (χ4n) is 0.848. The quantitative estimate of drug-likeness (QED) is 0.621. The molecule has 0 saturated heterocycles. The standard InChI is InChI=1S/C9H9ClFNS/c10-2-1-3-13-9-5-7(11)4-8(12)6-9/h1-2,4-6H,3,12H2. The molecule has 0 atom stereocenters. The van der Waals surface area contributed by atoms with Gasteiger partial charge in [0.1, 0.15) is 5.82 Å². The van der Waals surface area contributed by atoms with Crippen molar-refractivity contribution in [3.8, 4) is 0 Å². The van der Waals surface area contributed by atoms with Crippen LogP contribution in [0, 0.1) is 5.82 Å². The average Bonchev–Trinajstić information content (AvgIpc) is 2.03. The Morgan fingerprint density at radius 2 is 2.23 bits per heavy atom. The van der Waals surface area contributed by atoms with E-state index in [1.54, 1.807) is 12.1 Å². The molecule has 0 heterocycles. The van der Waals surface area contributed by atoms with E-state index in [0.717, 1.165) is 4.90 Å². The van der Waals surface area contributed by atoms with Crippen LogP contribution in [0.5, 0.6) is 0 Å². The van der Waals surface area contributed by atoms with Crippen LogP contribution >= 0.6 is 23.4 Å². The van der Waals surface area contributed by atoms with Crippen molar-refractivity contribution in [3.05, 3.63) is 35.6 Å². The van der Waals surface area contributed by atoms with Crippen LogP contribution in [0.1, 0.15) is 0 Å². The molecule has 4 heteroatoms. The van der Waals surface area contributed by atoms with Crippen LogP contribution in [0.3, 0.4) is 0 Å². The molecular weight excluding hydrogens is 209 g/mol. The number of benzene rings is 1. The zero-order valence-corrected chi connectivity index (χ0v) is 8.41. The third-order valence-electron chi connectivity index (χ3n) is 1.33. The molecule has 0 aliphatic heterocycles. The van der Waals surface area contributed by atoms with Gasteiger partial charge in [0, 0.05) is 21.9 Å². The molecule has 0 unspecified atom stereocenters. The average molecular weight is 218 g/mol. The van der Waals surface area contributed by atoms with Crippen LogP contribution in [0.2, 0.25) is 0 Å². The number of hydrogen-bond acceptors (Lipinski definition) is 2. The molecule has 1 rings (SSSR count). The number of nitrogen functional groups attached to an aromatic ring is 1. The SMILES string of the molecule is Nc1cc(F)cc(SCC=CCl)c1. The minimum Gasteiger partial charge on any atom is -0.399 e. The summed E-state index contributed by atoms with van der Waals surface area (Å²) in [6.45, 7) is 0. The van der Waals surface area contributed by atoms with Gasteiger partial charge < -0.3 is 5.73 Å². The third-order valence-corrected chi connectivity index (χ3v) is 2.44. The summed E-state index contributed by atoms with van der Waals surface area (Å²) >= 11 is 6.82. The second-order valence-electron chi connectivity index (χ2n) is 2.39. The van der Waals surface area contributed by atoms with E-state index in [-0.39, 0.29) is 5.82 Å². The highest BCUT2D eigenvalue weighted by Gasteiger charge is 1.97. The maximum atomic E-state index is 12.8. The van der Waals surface area contributed by atoms with E-state index >= 15 is 0 Å². The van der Waals surface area contributed by atoms with Crippen LogP contribution in [0.15, 0.2) is 34.7 Å². The Morgan fingerprint density at radius 1 is 1.46 bits per heavy atom. The highest BCUT2D eigenvalue weighted by molar-refractivity contribution is 7.99. The Hall–Kier alpha value is -0.670. The van der Waals surface area contributed by atoms with Crippen molar-refractivity contribution in [1.82, 2.24) is 0 Å². The van der Waals surface area contributed by atoms with Crippen LogP contribution < -0.4 is 5.73 Å². The van der Waals surface area contributed by atoms with Gasteiger partial charge in [-0.25, -0.2) is 4.39 Å². The van der Waals surface area contributed by atoms with Crippen molar-refractivity contribution >= 4 is 29.1 Å². The number of nitrogens with two attached hydrogens (primary N) is 1. The van der Waals surface area contributed by atoms with Gasteiger partial charge in [0.25, 0.3) is 0 Å². The van der Waals surface area contributed by atoms with Crippen molar-refractivity contribution in [2.24, 2.45) is 0 Å². The van der Waals surface area contributed by atoms with Crippen molar-refractivity contribution in [1.29, 1.82) is 0 Å². The fraction of sp³-hybridized carbons (Fsp3) is 0.111. The number of hydrogen-bond donors (Lipinski definition) is 1. The molecular formula is C9H9ClFNS. The first-order valence-electron chi connectivity index (χ1n) is 3.66. The highest BCUT2D eigenvalue weighted by Crippen LogP contribution is 2.21. The van der Waals surface area contributed by atoms with Crippen LogP contribution in [-0.2, 0) is 0 Å². The predicted molar refractivity (Wildman–Crippen MR) is 56.5 cm³/mol. The van der Waals surface area contributed by atoms with Crippen molar-refractivity contribution in [2.75, 3.05) is 11.5 Å². The number of thioether (sulfide) groups is 1. The van der Waals surface area contributed by atoms with Gasteiger partial charge in [-0.2, -0.15) is 0 Å². The smallest absolute Gasteiger partial charge is 0.126 e. The maximum absolute atomic E-state index is 12.8. The third kappa shape index (κ3) is 3.70. The summed E-state index contributed by atoms with van der Waals surface area (Å²) in [7, 11) is 0. The molecule has 0 bridgehead atoms. The molecule has 1 aromatic carbocycles. The van der Waals surface area contributed by atoms with Gasteiger partial charge in [0.2, 0.25) is 0 Å². The van der Waals surface area contributed by atoms with E-state index in [4.69, 9.17) is 17.3 Å². The summed E-state index contributed by atoms with van der Waals surface area (Å²) in [6, 6.07) is 4.47. The lowest BCUT2D eigenvalue weighted by Gasteiger charge is -2.00. The maximum Gasteiger partial charge on any atom is 0.126 e. The Balaban J connectivity index is 2.66. The molecule has 1 aromatic rings. The van der Waals surface area contributed by atoms with Crippen molar-refractivity contribution in [3.63, 3.8) is 0 Å². The van der Waals surface area contributed by atoms with Crippen molar-refractivity contribution < 1.29 is 4.39 Å². The van der Waals surface area contributed by atoms with Gasteiger partial charge in [-0.1, -0.05) is 17.7 Å². The normalized spacial score (nSPS) is 10.9. The summed E-state index contributed by atoms with van der Waals surface area (Å²) in [4.78, 5) is 0.812. The lowest BCUT2D eigenvalue weighted by molar-refractivity contribution is 0.625. The second kappa shape index (κ2) is 5.14. The lowest BCUT2D eigenvalue weighted by atomic mass is 10.3. The molecule has 1 nitrogen and oxygen atoms in total. The predicted octanol–water partition coefficient (Wildman–Crippen LogP) is 3.25. The number of anilines is 1. The molecule has 0 fully saturated rings. The van der Waals surface area contributed by atoms with Crippen molar-refractivity contribution in [2.45, 2.75) is 4.90 Å². The first-order valence-corrected chi connectivity index (χ1v) is 5.08. The summed E-state index contributed by atoms with van der Waals surface area (Å²) in [5.41, 5.74) is 7.35. The van der Waals surface area contributed by atoms with Crippen LogP contribution in [0.25, 0.3) is 0 Å². The molecule has 2 N–H and O–H groups in total. The van der Waals surface area contributed by atoms with Gasteiger partial charge in [0.05, 0.1) is 0 Å². The molecule has 0 aromatic heterocycles. The second-order valence-corrected chi connectivity index (χ2v) is 3.74. The molecule has 70 valence electrons. The van der Waals surface area contributed by atoms with E-state index in [1.807, 2.05) is 0 Å². The molecule has 0 radical (unpaired) electrons. The molecule has 0 amide bonds. The van der Waals surface area contributed by atoms with Crippen LogP contribution in [-0.4, -0.2) is 5.75 Å². The van der Waals surface area contributed by atoms with E-state index in [1.165, 1.54) is 29.4 Å². The Kier molecular flexibility index (Phi) is 4.12. The van der Waals surface area contributed by atoms with E-state index < -0.39 is 0 Å². The molecule has 0 aliphatic rings. The minimum absolute atomic E-state index is 0.308. The van der Waals surface area contributed by atoms with E-state index in [0.29, 0.717) is 11.4 Å². The number of rotatable bonds is 3. The monoisotopic (exact) mass is 217 g/mol. The largest absolute Gasteiger partial charge is 0.399 e. The van der Waals surface area contributed by atoms with Gasteiger partial charge in [-0.15, -0.1) is 11.8 Å². The molecule has 13 heavy (non-hydrogen) atoms. The molecule has 0 saturated carbocycles. The van der Waals surface area contributed by atoms with Crippen LogP contribution in [0.4, 0.5) is 10.1 Å². The van der Waals surface area contributed by atoms with E-state index in [9.17, 15) is 4.39 Å². The Labute approximate surface area is 85.8 Å². The summed E-state index contributed by atoms with van der Waals surface area (Å²) in [5.74, 6) is 0.407. The van der Waals surface area contributed by atoms with Gasteiger partial charge in [0.15, 0.2) is 0 Å². The first kappa shape index (κ1) is 10.4. The Bertz CT molecular complexity index is 294. The Morgan fingerprint density at radius 3 is 2.85 bits per heavy atom. The van der Waals surface area contributed by atoms with Gasteiger partial charge in [-0.05, 0) is 18.2 Å². The highest BCUT2D eigenvalue weighted by atomic mass is 35.5. The summed E-state index contributed by atoms with van der Waals surface area (Å²) in [6.07, 6.45) is 1.79. The van der Waals surface area contributed by atoms with Gasteiger partial charge >= 0.3 is 0 Å². The minimum atomic E-state index is -0.308. The van der Waals surface area contributed by atoms with Gasteiger partial charge in [-0.3, -0.25) is 0 Å². The molecule has 0 spiro atoms. The summed E-state index contributed by atoms with van der Waals surface area (Å²) in [5, 5.41) is 0. The first-order chi connectivity index (χ1) is 6.22. The topological polar surface area (TPSA) is 26.0 Å². The lowest BCUT2D eigenvalue weighted by Crippen LogP contribution is -1.87. The van der Waals surface area contributed by atoms with E-state index in [2.05, 4.69) is 0 Å². The fourth-order valence-corrected chi connectivity index (χ4v) is 1.84. The molecule has 0 aliphatic carbocycles. The zero-order valence-electron chi connectivity index (χ0n) is 6.84. The number of halogens is 2. The zero-order chi connectivity index (χ0) is 9.68.